The van der Waals surface area contributed by atoms with E-state index in [0.717, 1.165) is 36.1 Å². The molecule has 0 aliphatic carbocycles. The number of nitrogens with one attached hydrogen (secondary N) is 1. The molecule has 0 aromatic heterocycles. The summed E-state index contributed by atoms with van der Waals surface area (Å²) >= 11 is 0. The van der Waals surface area contributed by atoms with Gasteiger partial charge in [0.2, 0.25) is 0 Å². The Kier molecular flexibility index (Phi) is 9.37. The maximum absolute atomic E-state index is 10.4. The number of aliphatic hydroxyl groups excluding tert-OH is 1. The van der Waals surface area contributed by atoms with Crippen LogP contribution in [0.5, 0.6) is 23.0 Å². The number of ether oxygens (including phenoxy) is 6. The lowest BCUT2D eigenvalue weighted by molar-refractivity contribution is 0.0626. The summed E-state index contributed by atoms with van der Waals surface area (Å²) in [5.74, 6) is 3.07. The fraction of sp³-hybridized carbons (Fsp3) is 0.273. The van der Waals surface area contributed by atoms with Crippen molar-refractivity contribution in [1.29, 1.82) is 0 Å². The number of epoxide rings is 2. The van der Waals surface area contributed by atoms with E-state index in [1.807, 2.05) is 84.9 Å². The Hall–Kier alpha value is -3.81. The summed E-state index contributed by atoms with van der Waals surface area (Å²) in [7, 11) is 0.533. The zero-order chi connectivity index (χ0) is 28.6. The SMILES string of the molecule is OC(COc1ccc(Nc2ccc(OCC3CO3)cc2)cc1)COc1ccc(Pc2ccc(OCC3CO3)cc2)cc1. The van der Waals surface area contributed by atoms with Gasteiger partial charge in [-0.1, -0.05) is 32.8 Å². The number of hydrogen-bond donors (Lipinski definition) is 2. The van der Waals surface area contributed by atoms with Gasteiger partial charge in [0.25, 0.3) is 0 Å². The quantitative estimate of drug-likeness (QED) is 0.147. The molecule has 9 heteroatoms. The van der Waals surface area contributed by atoms with Gasteiger partial charge in [-0.25, -0.2) is 0 Å². The van der Waals surface area contributed by atoms with Crippen LogP contribution in [0.15, 0.2) is 97.1 Å². The number of anilines is 2. The first kappa shape index (κ1) is 28.3. The third kappa shape index (κ3) is 9.10. The monoisotopic (exact) mass is 587 g/mol. The van der Waals surface area contributed by atoms with E-state index in [4.69, 9.17) is 28.4 Å². The van der Waals surface area contributed by atoms with Crippen LogP contribution < -0.4 is 34.9 Å². The summed E-state index contributed by atoms with van der Waals surface area (Å²) in [4.78, 5) is 0. The van der Waals surface area contributed by atoms with Gasteiger partial charge in [0.15, 0.2) is 0 Å². The summed E-state index contributed by atoms with van der Waals surface area (Å²) in [6.07, 6.45) is -0.265. The molecule has 2 heterocycles. The molecule has 0 bridgehead atoms. The Morgan fingerprint density at radius 1 is 0.595 bits per heavy atom. The Balaban J connectivity index is 0.884. The molecular formula is C33H34NO7P. The lowest BCUT2D eigenvalue weighted by Gasteiger charge is -2.14. The van der Waals surface area contributed by atoms with Gasteiger partial charge in [0.05, 0.1) is 13.2 Å². The number of benzene rings is 4. The molecule has 0 radical (unpaired) electrons. The van der Waals surface area contributed by atoms with E-state index in [2.05, 4.69) is 17.4 Å². The summed E-state index contributed by atoms with van der Waals surface area (Å²) in [5.41, 5.74) is 1.89. The van der Waals surface area contributed by atoms with Crippen LogP contribution in [0.2, 0.25) is 0 Å². The van der Waals surface area contributed by atoms with E-state index < -0.39 is 6.10 Å². The van der Waals surface area contributed by atoms with Gasteiger partial charge in [-0.05, 0) is 83.4 Å². The first-order chi connectivity index (χ1) is 20.6. The zero-order valence-corrected chi connectivity index (χ0v) is 24.1. The largest absolute Gasteiger partial charge is 0.491 e. The Morgan fingerprint density at radius 3 is 1.33 bits per heavy atom. The molecule has 4 aromatic rings. The Labute approximate surface area is 247 Å². The van der Waals surface area contributed by atoms with Crippen molar-refractivity contribution in [3.05, 3.63) is 97.1 Å². The van der Waals surface area contributed by atoms with Crippen molar-refractivity contribution in [1.82, 2.24) is 0 Å². The molecule has 0 amide bonds. The fourth-order valence-electron chi connectivity index (χ4n) is 4.01. The van der Waals surface area contributed by atoms with Crippen molar-refractivity contribution in [3.8, 4) is 23.0 Å². The van der Waals surface area contributed by atoms with Crippen LogP contribution in [0.1, 0.15) is 0 Å². The van der Waals surface area contributed by atoms with E-state index >= 15 is 0 Å². The maximum atomic E-state index is 10.4. The lowest BCUT2D eigenvalue weighted by Crippen LogP contribution is -2.25. The average molecular weight is 588 g/mol. The molecule has 0 saturated carbocycles. The normalized spacial score (nSPS) is 17.9. The van der Waals surface area contributed by atoms with Crippen molar-refractivity contribution in [2.24, 2.45) is 0 Å². The van der Waals surface area contributed by atoms with Crippen molar-refractivity contribution < 1.29 is 33.5 Å². The van der Waals surface area contributed by atoms with Crippen molar-refractivity contribution in [2.75, 3.05) is 45.0 Å². The third-order valence-corrected chi connectivity index (χ3v) is 7.80. The van der Waals surface area contributed by atoms with Crippen LogP contribution in [0.3, 0.4) is 0 Å². The zero-order valence-electron chi connectivity index (χ0n) is 23.1. The second-order valence-corrected chi connectivity index (χ2v) is 11.6. The van der Waals surface area contributed by atoms with Crippen LogP contribution in [-0.2, 0) is 9.47 Å². The highest BCUT2D eigenvalue weighted by molar-refractivity contribution is 7.55. The fourth-order valence-corrected chi connectivity index (χ4v) is 5.01. The van der Waals surface area contributed by atoms with Crippen molar-refractivity contribution in [3.63, 3.8) is 0 Å². The first-order valence-electron chi connectivity index (χ1n) is 14.0. The Bertz CT molecular complexity index is 1280. The molecule has 8 nitrogen and oxygen atoms in total. The van der Waals surface area contributed by atoms with Gasteiger partial charge in [0, 0.05) is 11.4 Å². The summed E-state index contributed by atoms with van der Waals surface area (Å²) in [6, 6.07) is 31.5. The molecule has 2 aliphatic heterocycles. The van der Waals surface area contributed by atoms with Crippen LogP contribution in [0.4, 0.5) is 11.4 Å². The molecule has 2 saturated heterocycles. The molecule has 2 aliphatic rings. The van der Waals surface area contributed by atoms with E-state index in [-0.39, 0.29) is 25.4 Å². The first-order valence-corrected chi connectivity index (χ1v) is 15.0. The van der Waals surface area contributed by atoms with Crippen LogP contribution in [0.25, 0.3) is 0 Å². The minimum atomic E-state index is -0.760. The highest BCUT2D eigenvalue weighted by Crippen LogP contribution is 2.23. The smallest absolute Gasteiger partial charge is 0.122 e. The minimum absolute atomic E-state index is 0.132. The second kappa shape index (κ2) is 13.9. The molecule has 6 rings (SSSR count). The molecule has 4 aromatic carbocycles. The van der Waals surface area contributed by atoms with Gasteiger partial charge in [-0.2, -0.15) is 0 Å². The molecule has 42 heavy (non-hydrogen) atoms. The van der Waals surface area contributed by atoms with Crippen molar-refractivity contribution in [2.45, 2.75) is 18.3 Å². The minimum Gasteiger partial charge on any atom is -0.491 e. The van der Waals surface area contributed by atoms with Gasteiger partial charge in [-0.3, -0.25) is 0 Å². The standard InChI is InChI=1S/C33H34NO7P/c35-25(17-36-26-5-1-23(2-6-26)34-24-3-7-27(8-4-24)38-19-30-21-40-30)18-37-28-9-13-32(14-10-28)42-33-15-11-29(12-16-33)39-20-31-22-41-31/h1-16,25,30-31,34-35,42H,17-22H2. The number of aliphatic hydroxyl groups is 1. The molecular weight excluding hydrogens is 553 g/mol. The maximum Gasteiger partial charge on any atom is 0.122 e. The number of rotatable bonds is 16. The van der Waals surface area contributed by atoms with E-state index in [0.29, 0.717) is 33.3 Å². The highest BCUT2D eigenvalue weighted by Gasteiger charge is 2.23. The molecule has 4 unspecified atom stereocenters. The second-order valence-electron chi connectivity index (χ2n) is 10.2. The predicted molar refractivity (Wildman–Crippen MR) is 164 cm³/mol. The number of hydrogen-bond acceptors (Lipinski definition) is 8. The van der Waals surface area contributed by atoms with Crippen LogP contribution >= 0.6 is 8.58 Å². The average Bonchev–Trinajstić information content (AvgIpc) is 3.96. The molecule has 218 valence electrons. The van der Waals surface area contributed by atoms with E-state index in [1.54, 1.807) is 0 Å². The van der Waals surface area contributed by atoms with Gasteiger partial charge in [0.1, 0.15) is 67.7 Å². The summed E-state index contributed by atoms with van der Waals surface area (Å²) in [6.45, 7) is 3.05. The third-order valence-electron chi connectivity index (χ3n) is 6.56. The van der Waals surface area contributed by atoms with Gasteiger partial charge < -0.3 is 38.8 Å². The van der Waals surface area contributed by atoms with Gasteiger partial charge in [-0.15, -0.1) is 0 Å². The molecule has 2 fully saturated rings. The van der Waals surface area contributed by atoms with E-state index in [1.165, 1.54) is 10.6 Å². The predicted octanol–water partition coefficient (Wildman–Crippen LogP) is 4.43. The van der Waals surface area contributed by atoms with E-state index in [9.17, 15) is 5.11 Å². The Morgan fingerprint density at radius 2 is 0.952 bits per heavy atom. The summed E-state index contributed by atoms with van der Waals surface area (Å²) < 4.78 is 33.2. The topological polar surface area (TPSA) is 94.2 Å². The summed E-state index contributed by atoms with van der Waals surface area (Å²) in [5, 5.41) is 16.2. The lowest BCUT2D eigenvalue weighted by atomic mass is 10.2. The van der Waals surface area contributed by atoms with Crippen LogP contribution in [0, 0.1) is 0 Å². The molecule has 2 N–H and O–H groups in total. The highest BCUT2D eigenvalue weighted by atomic mass is 31.1. The van der Waals surface area contributed by atoms with Crippen LogP contribution in [-0.4, -0.2) is 63.1 Å². The van der Waals surface area contributed by atoms with Gasteiger partial charge >= 0.3 is 0 Å². The van der Waals surface area contributed by atoms with Crippen molar-refractivity contribution >= 4 is 30.6 Å². The molecule has 4 atom stereocenters. The molecule has 0 spiro atoms.